The summed E-state index contributed by atoms with van der Waals surface area (Å²) in [5.41, 5.74) is 3.20. The third kappa shape index (κ3) is 4.89. The highest BCUT2D eigenvalue weighted by Crippen LogP contribution is 2.36. The summed E-state index contributed by atoms with van der Waals surface area (Å²) < 4.78 is 26.0. The van der Waals surface area contributed by atoms with Crippen LogP contribution >= 0.6 is 0 Å². The van der Waals surface area contributed by atoms with Crippen molar-refractivity contribution in [2.24, 2.45) is 0 Å². The van der Waals surface area contributed by atoms with Gasteiger partial charge in [0.2, 0.25) is 0 Å². The second-order valence-corrected chi connectivity index (χ2v) is 10.2. The van der Waals surface area contributed by atoms with Crippen LogP contribution in [0.25, 0.3) is 22.4 Å². The van der Waals surface area contributed by atoms with E-state index in [2.05, 4.69) is 33.6 Å². The van der Waals surface area contributed by atoms with E-state index in [1.54, 1.807) is 20.3 Å². The Morgan fingerprint density at radius 3 is 2.31 bits per heavy atom. The highest BCUT2D eigenvalue weighted by atomic mass is 19.1. The number of imidazole rings is 1. The molecule has 2 aromatic carbocycles. The third-order valence-corrected chi connectivity index (χ3v) is 7.97. The van der Waals surface area contributed by atoms with Crippen molar-refractivity contribution in [2.75, 3.05) is 40.4 Å². The van der Waals surface area contributed by atoms with Gasteiger partial charge in [0.15, 0.2) is 11.5 Å². The Balaban J connectivity index is 1.29. The first-order chi connectivity index (χ1) is 17.0. The average Bonchev–Trinajstić information content (AvgIpc) is 3.30. The molecule has 1 N–H and O–H groups in total. The number of fused-ring (bicyclic) bond motifs is 1. The van der Waals surface area contributed by atoms with Crippen molar-refractivity contribution in [3.63, 3.8) is 0 Å². The van der Waals surface area contributed by atoms with Gasteiger partial charge >= 0.3 is 0 Å². The normalized spacial score (nSPS) is 19.0. The lowest BCUT2D eigenvalue weighted by atomic mass is 9.87. The molecule has 3 heterocycles. The van der Waals surface area contributed by atoms with Crippen molar-refractivity contribution in [3.8, 4) is 22.9 Å². The van der Waals surface area contributed by atoms with Crippen LogP contribution in [0.4, 0.5) is 4.39 Å². The van der Waals surface area contributed by atoms with E-state index in [-0.39, 0.29) is 11.7 Å². The third-order valence-electron chi connectivity index (χ3n) is 7.97. The number of aromatic amines is 1. The summed E-state index contributed by atoms with van der Waals surface area (Å²) in [5, 5.41) is 0. The maximum Gasteiger partial charge on any atom is 0.161 e. The molecule has 2 saturated heterocycles. The average molecular weight is 481 g/mol. The lowest BCUT2D eigenvalue weighted by Gasteiger charge is -2.42. The summed E-state index contributed by atoms with van der Waals surface area (Å²) in [7, 11) is 3.23. The van der Waals surface area contributed by atoms with Crippen LogP contribution in [-0.4, -0.2) is 72.3 Å². The molecule has 5 rings (SSSR count). The van der Waals surface area contributed by atoms with Gasteiger partial charge < -0.3 is 24.3 Å². The summed E-state index contributed by atoms with van der Waals surface area (Å²) in [6.45, 7) is 9.05. The van der Waals surface area contributed by atoms with E-state index >= 15 is 4.39 Å². The van der Waals surface area contributed by atoms with E-state index in [1.807, 2.05) is 24.3 Å². The first kappa shape index (κ1) is 24.1. The van der Waals surface area contributed by atoms with Gasteiger partial charge in [0.05, 0.1) is 25.3 Å². The molecular formula is C28H37FN4O2. The molecule has 6 nitrogen and oxygen atoms in total. The number of rotatable bonds is 6. The van der Waals surface area contributed by atoms with Gasteiger partial charge in [-0.15, -0.1) is 0 Å². The van der Waals surface area contributed by atoms with Crippen molar-refractivity contribution in [1.29, 1.82) is 0 Å². The van der Waals surface area contributed by atoms with E-state index < -0.39 is 0 Å². The molecule has 35 heavy (non-hydrogen) atoms. The number of aromatic nitrogens is 2. The molecule has 0 amide bonds. The predicted molar refractivity (Wildman–Crippen MR) is 138 cm³/mol. The van der Waals surface area contributed by atoms with Crippen molar-refractivity contribution < 1.29 is 13.9 Å². The Bertz CT molecular complexity index is 1160. The number of halogens is 1. The number of nitrogens with zero attached hydrogens (tertiary/aromatic N) is 3. The Hall–Kier alpha value is -2.64. The number of methoxy groups -OCH3 is 2. The number of ether oxygens (including phenoxy) is 2. The fraction of sp³-hybridized carbons (Fsp3) is 0.536. The molecule has 0 spiro atoms. The van der Waals surface area contributed by atoms with Gasteiger partial charge in [0.1, 0.15) is 11.6 Å². The Kier molecular flexibility index (Phi) is 6.98. The number of piperidine rings is 2. The molecule has 188 valence electrons. The van der Waals surface area contributed by atoms with Crippen molar-refractivity contribution in [1.82, 2.24) is 19.8 Å². The fourth-order valence-corrected chi connectivity index (χ4v) is 5.82. The highest BCUT2D eigenvalue weighted by molar-refractivity contribution is 5.80. The van der Waals surface area contributed by atoms with Crippen molar-refractivity contribution in [3.05, 3.63) is 41.7 Å². The standard InChI is InChI=1S/C28H37FN4O2/c1-18(2)32-13-9-21(10-14-32)33-11-7-19(8-12-33)22-16-24-25(17-23(22)29)31-28(30-24)20-5-6-26(34-3)27(15-20)35-4/h5-6,15-19,21H,7-14H2,1-4H3,(H,30,31). The largest absolute Gasteiger partial charge is 0.493 e. The zero-order valence-corrected chi connectivity index (χ0v) is 21.3. The van der Waals surface area contributed by atoms with Crippen LogP contribution in [0, 0.1) is 5.82 Å². The molecule has 2 aliphatic rings. The summed E-state index contributed by atoms with van der Waals surface area (Å²) in [5.74, 6) is 2.10. The van der Waals surface area contributed by atoms with Crippen LogP contribution in [0.1, 0.15) is 51.0 Å². The van der Waals surface area contributed by atoms with Gasteiger partial charge in [-0.25, -0.2) is 9.37 Å². The monoisotopic (exact) mass is 480 g/mol. The number of likely N-dealkylation sites (tertiary alicyclic amines) is 2. The Morgan fingerprint density at radius 2 is 1.66 bits per heavy atom. The SMILES string of the molecule is COc1ccc(-c2nc3cc(F)c(C4CCN(C5CCN(C(C)C)CC5)CC4)cc3[nH]2)cc1OC. The number of benzene rings is 2. The van der Waals surface area contributed by atoms with Crippen LogP contribution in [0.15, 0.2) is 30.3 Å². The summed E-state index contributed by atoms with van der Waals surface area (Å²) in [6, 6.07) is 10.5. The van der Waals surface area contributed by atoms with Crippen LogP contribution in [0.5, 0.6) is 11.5 Å². The molecule has 0 saturated carbocycles. The second kappa shape index (κ2) is 10.2. The molecule has 3 aromatic rings. The maximum atomic E-state index is 15.2. The first-order valence-electron chi connectivity index (χ1n) is 12.9. The van der Waals surface area contributed by atoms with Crippen LogP contribution < -0.4 is 9.47 Å². The van der Waals surface area contributed by atoms with Gasteiger partial charge in [-0.3, -0.25) is 0 Å². The van der Waals surface area contributed by atoms with E-state index in [1.165, 1.54) is 25.9 Å². The number of nitrogens with one attached hydrogen (secondary N) is 1. The molecule has 0 atom stereocenters. The predicted octanol–water partition coefficient (Wildman–Crippen LogP) is 5.44. The number of hydrogen-bond acceptors (Lipinski definition) is 5. The van der Waals surface area contributed by atoms with E-state index in [9.17, 15) is 0 Å². The van der Waals surface area contributed by atoms with Crippen molar-refractivity contribution >= 4 is 11.0 Å². The molecular weight excluding hydrogens is 443 g/mol. The fourth-order valence-electron chi connectivity index (χ4n) is 5.82. The second-order valence-electron chi connectivity index (χ2n) is 10.2. The zero-order valence-electron chi connectivity index (χ0n) is 21.3. The maximum absolute atomic E-state index is 15.2. The van der Waals surface area contributed by atoms with Gasteiger partial charge in [0.25, 0.3) is 0 Å². The minimum Gasteiger partial charge on any atom is -0.493 e. The van der Waals surface area contributed by atoms with E-state index in [0.717, 1.165) is 42.6 Å². The smallest absolute Gasteiger partial charge is 0.161 e. The lowest BCUT2D eigenvalue weighted by molar-refractivity contribution is 0.0750. The Labute approximate surface area is 207 Å². The van der Waals surface area contributed by atoms with Gasteiger partial charge in [0, 0.05) is 23.7 Å². The molecule has 2 fully saturated rings. The molecule has 2 aliphatic heterocycles. The zero-order chi connectivity index (χ0) is 24.5. The lowest BCUT2D eigenvalue weighted by Crippen LogP contribution is -2.48. The minimum atomic E-state index is -0.147. The summed E-state index contributed by atoms with van der Waals surface area (Å²) in [4.78, 5) is 13.3. The molecule has 0 aliphatic carbocycles. The molecule has 1 aromatic heterocycles. The molecule has 0 radical (unpaired) electrons. The van der Waals surface area contributed by atoms with E-state index in [0.29, 0.717) is 34.9 Å². The van der Waals surface area contributed by atoms with Crippen LogP contribution in [0.2, 0.25) is 0 Å². The highest BCUT2D eigenvalue weighted by Gasteiger charge is 2.30. The topological polar surface area (TPSA) is 53.6 Å². The van der Waals surface area contributed by atoms with Crippen LogP contribution in [-0.2, 0) is 0 Å². The van der Waals surface area contributed by atoms with E-state index in [4.69, 9.17) is 9.47 Å². The summed E-state index contributed by atoms with van der Waals surface area (Å²) in [6.07, 6.45) is 4.50. The van der Waals surface area contributed by atoms with Crippen molar-refractivity contribution in [2.45, 2.75) is 57.5 Å². The first-order valence-corrected chi connectivity index (χ1v) is 12.9. The summed E-state index contributed by atoms with van der Waals surface area (Å²) >= 11 is 0. The molecule has 0 unspecified atom stereocenters. The Morgan fingerprint density at radius 1 is 0.943 bits per heavy atom. The molecule has 7 heteroatoms. The minimum absolute atomic E-state index is 0.147. The quantitative estimate of drug-likeness (QED) is 0.509. The van der Waals surface area contributed by atoms with Gasteiger partial charge in [-0.05, 0) is 101 Å². The molecule has 0 bridgehead atoms. The number of H-pyrrole nitrogens is 1. The van der Waals surface area contributed by atoms with Gasteiger partial charge in [-0.1, -0.05) is 0 Å². The van der Waals surface area contributed by atoms with Crippen LogP contribution in [0.3, 0.4) is 0 Å². The number of hydrogen-bond donors (Lipinski definition) is 1. The van der Waals surface area contributed by atoms with Gasteiger partial charge in [-0.2, -0.15) is 0 Å².